The molecule has 0 unspecified atom stereocenters. The number of ether oxygens (including phenoxy) is 1. The summed E-state index contributed by atoms with van der Waals surface area (Å²) in [7, 11) is 1.45. The van der Waals surface area contributed by atoms with E-state index in [0.717, 1.165) is 16.3 Å². The number of amides is 2. The van der Waals surface area contributed by atoms with Gasteiger partial charge in [0.05, 0.1) is 0 Å². The molecule has 1 aromatic heterocycles. The van der Waals surface area contributed by atoms with Crippen LogP contribution < -0.4 is 10.2 Å². The van der Waals surface area contributed by atoms with Gasteiger partial charge in [-0.3, -0.25) is 14.9 Å². The number of halogens is 1. The first-order chi connectivity index (χ1) is 12.0. The van der Waals surface area contributed by atoms with Gasteiger partial charge in [-0.25, -0.2) is 0 Å². The van der Waals surface area contributed by atoms with Crippen molar-refractivity contribution in [3.63, 3.8) is 0 Å². The van der Waals surface area contributed by atoms with Crippen molar-refractivity contribution in [1.29, 1.82) is 0 Å². The van der Waals surface area contributed by atoms with Crippen LogP contribution in [-0.4, -0.2) is 42.3 Å². The van der Waals surface area contributed by atoms with E-state index >= 15 is 0 Å². The molecule has 2 heterocycles. The molecule has 2 amide bonds. The van der Waals surface area contributed by atoms with E-state index in [9.17, 15) is 9.59 Å². The number of aryl methyl sites for hydroxylation is 1. The summed E-state index contributed by atoms with van der Waals surface area (Å²) in [6.07, 6.45) is 0.353. The minimum absolute atomic E-state index is 0.0186. The zero-order valence-electron chi connectivity index (χ0n) is 13.8. The van der Waals surface area contributed by atoms with Crippen LogP contribution in [0, 0.1) is 6.92 Å². The molecular formula is C16H17ClN4O3S. The number of nitrogens with one attached hydrogen (secondary N) is 1. The average molecular weight is 381 g/mol. The van der Waals surface area contributed by atoms with Crippen molar-refractivity contribution in [1.82, 2.24) is 10.2 Å². The Morgan fingerprint density at radius 1 is 1.48 bits per heavy atom. The van der Waals surface area contributed by atoms with E-state index in [2.05, 4.69) is 15.5 Å². The molecule has 1 saturated heterocycles. The van der Waals surface area contributed by atoms with Gasteiger partial charge in [0.1, 0.15) is 11.6 Å². The van der Waals surface area contributed by atoms with Crippen molar-refractivity contribution < 1.29 is 14.3 Å². The van der Waals surface area contributed by atoms with E-state index in [1.54, 1.807) is 11.0 Å². The summed E-state index contributed by atoms with van der Waals surface area (Å²) >= 11 is 7.44. The Bertz CT molecular complexity index is 810. The second-order valence-corrected chi connectivity index (χ2v) is 7.18. The molecule has 1 N–H and O–H groups in total. The summed E-state index contributed by atoms with van der Waals surface area (Å²) in [5.41, 5.74) is 1.75. The Kier molecular flexibility index (Phi) is 5.31. The number of nitrogens with zero attached hydrogens (tertiary/aromatic N) is 3. The fraction of sp³-hybridized carbons (Fsp3) is 0.375. The third kappa shape index (κ3) is 3.97. The van der Waals surface area contributed by atoms with E-state index in [1.807, 2.05) is 19.1 Å². The molecule has 7 nitrogen and oxygen atoms in total. The monoisotopic (exact) mass is 380 g/mol. The molecule has 0 bridgehead atoms. The second-order valence-electron chi connectivity index (χ2n) is 5.77. The van der Waals surface area contributed by atoms with Crippen LogP contribution in [-0.2, 0) is 14.3 Å². The van der Waals surface area contributed by atoms with Crippen molar-refractivity contribution >= 4 is 45.6 Å². The number of anilines is 2. The topological polar surface area (TPSA) is 84.4 Å². The molecule has 0 spiro atoms. The highest BCUT2D eigenvalue weighted by Crippen LogP contribution is 2.35. The number of hydrogen-bond acceptors (Lipinski definition) is 6. The molecule has 0 radical (unpaired) electrons. The Hall–Kier alpha value is -2.03. The van der Waals surface area contributed by atoms with Gasteiger partial charge in [0, 0.05) is 36.7 Å². The lowest BCUT2D eigenvalue weighted by Crippen LogP contribution is -2.24. The summed E-state index contributed by atoms with van der Waals surface area (Å²) in [4.78, 5) is 25.6. The van der Waals surface area contributed by atoms with Crippen LogP contribution in [0.4, 0.5) is 10.8 Å². The Morgan fingerprint density at radius 2 is 2.28 bits per heavy atom. The number of hydrogen-bond donors (Lipinski definition) is 1. The molecule has 25 heavy (non-hydrogen) atoms. The molecule has 2 aromatic rings. The summed E-state index contributed by atoms with van der Waals surface area (Å²) in [6.45, 7) is 2.39. The zero-order chi connectivity index (χ0) is 18.0. The maximum absolute atomic E-state index is 12.4. The molecule has 1 aliphatic rings. The highest BCUT2D eigenvalue weighted by atomic mass is 35.5. The first kappa shape index (κ1) is 17.8. The quantitative estimate of drug-likeness (QED) is 0.861. The SMILES string of the molecule is COCC(=O)Nc1nnc([C@H]2CC(=O)N(c3ccc(C)c(Cl)c3)C2)s1. The van der Waals surface area contributed by atoms with Crippen LogP contribution in [0.5, 0.6) is 0 Å². The summed E-state index contributed by atoms with van der Waals surface area (Å²) in [5, 5.41) is 12.5. The Balaban J connectivity index is 1.71. The molecule has 1 fully saturated rings. The predicted molar refractivity (Wildman–Crippen MR) is 96.3 cm³/mol. The standard InChI is InChI=1S/C16H17ClN4O3S/c1-9-3-4-11(6-12(9)17)21-7-10(5-14(21)23)15-19-20-16(25-15)18-13(22)8-24-2/h3-4,6,10H,5,7-8H2,1-2H3,(H,18,20,22)/t10-/m0/s1. The molecule has 1 atom stereocenters. The fourth-order valence-corrected chi connectivity index (χ4v) is 3.63. The van der Waals surface area contributed by atoms with Crippen molar-refractivity contribution in [3.05, 3.63) is 33.8 Å². The Labute approximate surface area is 153 Å². The molecule has 0 aliphatic carbocycles. The normalized spacial score (nSPS) is 17.2. The fourth-order valence-electron chi connectivity index (χ4n) is 2.61. The third-order valence-electron chi connectivity index (χ3n) is 3.90. The average Bonchev–Trinajstić information content (AvgIpc) is 3.17. The lowest BCUT2D eigenvalue weighted by atomic mass is 10.1. The maximum atomic E-state index is 12.4. The molecule has 3 rings (SSSR count). The third-order valence-corrected chi connectivity index (χ3v) is 5.31. The summed E-state index contributed by atoms with van der Waals surface area (Å²) < 4.78 is 4.76. The molecule has 132 valence electrons. The van der Waals surface area contributed by atoms with Gasteiger partial charge in [-0.1, -0.05) is 29.0 Å². The predicted octanol–water partition coefficient (Wildman–Crippen LogP) is 2.61. The van der Waals surface area contributed by atoms with E-state index in [0.29, 0.717) is 23.1 Å². The molecular weight excluding hydrogens is 364 g/mol. The van der Waals surface area contributed by atoms with Gasteiger partial charge < -0.3 is 9.64 Å². The van der Waals surface area contributed by atoms with Crippen LogP contribution in [0.1, 0.15) is 22.9 Å². The molecule has 9 heteroatoms. The lowest BCUT2D eigenvalue weighted by molar-refractivity contribution is -0.119. The van der Waals surface area contributed by atoms with Crippen LogP contribution >= 0.6 is 22.9 Å². The highest BCUT2D eigenvalue weighted by molar-refractivity contribution is 7.15. The Morgan fingerprint density at radius 3 is 3.00 bits per heavy atom. The number of methoxy groups -OCH3 is 1. The second kappa shape index (κ2) is 7.47. The van der Waals surface area contributed by atoms with Gasteiger partial charge >= 0.3 is 0 Å². The number of benzene rings is 1. The molecule has 1 aromatic carbocycles. The van der Waals surface area contributed by atoms with Gasteiger partial charge in [0.2, 0.25) is 11.0 Å². The van der Waals surface area contributed by atoms with Gasteiger partial charge in [-0.15, -0.1) is 10.2 Å². The minimum Gasteiger partial charge on any atom is -0.375 e. The minimum atomic E-state index is -0.288. The zero-order valence-corrected chi connectivity index (χ0v) is 15.4. The number of aromatic nitrogens is 2. The van der Waals surface area contributed by atoms with Gasteiger partial charge in [0.25, 0.3) is 5.91 Å². The van der Waals surface area contributed by atoms with E-state index < -0.39 is 0 Å². The number of carbonyl (C=O) groups excluding carboxylic acids is 2. The van der Waals surface area contributed by atoms with Gasteiger partial charge in [-0.2, -0.15) is 0 Å². The largest absolute Gasteiger partial charge is 0.375 e. The maximum Gasteiger partial charge on any atom is 0.252 e. The van der Waals surface area contributed by atoms with Crippen molar-refractivity contribution in [2.75, 3.05) is 30.5 Å². The number of rotatable bonds is 5. The first-order valence-electron chi connectivity index (χ1n) is 7.66. The summed E-state index contributed by atoms with van der Waals surface area (Å²) in [6, 6.07) is 5.58. The summed E-state index contributed by atoms with van der Waals surface area (Å²) in [5.74, 6) is -0.327. The smallest absolute Gasteiger partial charge is 0.252 e. The van der Waals surface area contributed by atoms with E-state index in [-0.39, 0.29) is 24.3 Å². The van der Waals surface area contributed by atoms with Crippen LogP contribution in [0.25, 0.3) is 0 Å². The molecule has 1 aliphatic heterocycles. The van der Waals surface area contributed by atoms with Crippen LogP contribution in [0.15, 0.2) is 18.2 Å². The first-order valence-corrected chi connectivity index (χ1v) is 8.86. The van der Waals surface area contributed by atoms with Crippen molar-refractivity contribution in [2.24, 2.45) is 0 Å². The molecule has 0 saturated carbocycles. The van der Waals surface area contributed by atoms with Crippen LogP contribution in [0.3, 0.4) is 0 Å². The van der Waals surface area contributed by atoms with E-state index in [4.69, 9.17) is 16.3 Å². The van der Waals surface area contributed by atoms with Crippen molar-refractivity contribution in [2.45, 2.75) is 19.3 Å². The lowest BCUT2D eigenvalue weighted by Gasteiger charge is -2.17. The van der Waals surface area contributed by atoms with Crippen LogP contribution in [0.2, 0.25) is 5.02 Å². The van der Waals surface area contributed by atoms with Crippen molar-refractivity contribution in [3.8, 4) is 0 Å². The number of carbonyl (C=O) groups is 2. The van der Waals surface area contributed by atoms with Gasteiger partial charge in [-0.05, 0) is 24.6 Å². The van der Waals surface area contributed by atoms with E-state index in [1.165, 1.54) is 18.4 Å². The highest BCUT2D eigenvalue weighted by Gasteiger charge is 2.34. The van der Waals surface area contributed by atoms with Gasteiger partial charge in [0.15, 0.2) is 0 Å².